The smallest absolute Gasteiger partial charge is 0.0621 e. The fourth-order valence-electron chi connectivity index (χ4n) is 6.46. The molecule has 2 heterocycles. The molecule has 0 aromatic heterocycles. The highest BCUT2D eigenvalue weighted by Crippen LogP contribution is 2.27. The van der Waals surface area contributed by atoms with Crippen molar-refractivity contribution in [3.8, 4) is 0 Å². The molecular formula is C40H74O3. The molecule has 0 bridgehead atoms. The molecular weight excluding hydrogens is 528 g/mol. The Hall–Kier alpha value is -0.640. The lowest BCUT2D eigenvalue weighted by atomic mass is 9.97. The molecule has 2 rings (SSSR count). The van der Waals surface area contributed by atoms with Crippen molar-refractivity contribution in [3.63, 3.8) is 0 Å². The molecule has 3 heteroatoms. The minimum atomic E-state index is 0.350. The topological polar surface area (TPSA) is 27.7 Å². The van der Waals surface area contributed by atoms with E-state index < -0.39 is 0 Å². The van der Waals surface area contributed by atoms with Crippen LogP contribution in [-0.2, 0) is 14.2 Å². The van der Waals surface area contributed by atoms with Crippen LogP contribution in [0.4, 0.5) is 0 Å². The van der Waals surface area contributed by atoms with Gasteiger partial charge in [-0.25, -0.2) is 0 Å². The third-order valence-electron chi connectivity index (χ3n) is 9.60. The summed E-state index contributed by atoms with van der Waals surface area (Å²) in [5.74, 6) is 0. The van der Waals surface area contributed by atoms with Crippen LogP contribution in [0.25, 0.3) is 0 Å². The van der Waals surface area contributed by atoms with Crippen molar-refractivity contribution < 1.29 is 14.2 Å². The van der Waals surface area contributed by atoms with Gasteiger partial charge in [-0.05, 0) is 89.9 Å². The van der Waals surface area contributed by atoms with Crippen LogP contribution in [0, 0.1) is 0 Å². The van der Waals surface area contributed by atoms with Gasteiger partial charge < -0.3 is 14.2 Å². The molecule has 0 aromatic carbocycles. The Morgan fingerprint density at radius 2 is 0.814 bits per heavy atom. The Morgan fingerprint density at radius 3 is 1.14 bits per heavy atom. The zero-order valence-electron chi connectivity index (χ0n) is 29.1. The van der Waals surface area contributed by atoms with Crippen LogP contribution >= 0.6 is 0 Å². The largest absolute Gasteiger partial charge is 0.378 e. The number of hydrogen-bond acceptors (Lipinski definition) is 3. The highest BCUT2D eigenvalue weighted by molar-refractivity contribution is 4.83. The molecule has 0 aromatic rings. The molecule has 2 aliphatic heterocycles. The standard InChI is InChI=1S/C40H74O3/c1-3-5-7-9-11-13-15-17-19-21-23-25-27-29-39(35-37-31-33-41-37)43-40(36-38-32-34-42-38)30-28-26-24-22-20-18-16-14-12-10-8-6-4-2/h17-20,37-40H,3-16,21-36H2,1-2H3/b19-17-,20-18-. The van der Waals surface area contributed by atoms with Gasteiger partial charge in [-0.1, -0.05) is 128 Å². The summed E-state index contributed by atoms with van der Waals surface area (Å²) in [6.45, 7) is 6.46. The van der Waals surface area contributed by atoms with Gasteiger partial charge in [0.25, 0.3) is 0 Å². The van der Waals surface area contributed by atoms with Gasteiger partial charge >= 0.3 is 0 Å². The molecule has 2 fully saturated rings. The fourth-order valence-corrected chi connectivity index (χ4v) is 6.46. The Kier molecular flexibility index (Phi) is 25.8. The maximum absolute atomic E-state index is 6.89. The molecule has 4 unspecified atom stereocenters. The van der Waals surface area contributed by atoms with Crippen molar-refractivity contribution >= 4 is 0 Å². The number of unbranched alkanes of at least 4 members (excludes halogenated alkanes) is 18. The van der Waals surface area contributed by atoms with Gasteiger partial charge in [0.1, 0.15) is 0 Å². The molecule has 2 saturated heterocycles. The number of hydrogen-bond donors (Lipinski definition) is 0. The Balaban J connectivity index is 1.58. The predicted molar refractivity (Wildman–Crippen MR) is 187 cm³/mol. The van der Waals surface area contributed by atoms with E-state index in [0.717, 1.165) is 26.1 Å². The molecule has 0 radical (unpaired) electrons. The van der Waals surface area contributed by atoms with Crippen LogP contribution in [0.1, 0.15) is 194 Å². The zero-order chi connectivity index (χ0) is 30.5. The molecule has 3 nitrogen and oxygen atoms in total. The fraction of sp³-hybridized carbons (Fsp3) is 0.900. The summed E-state index contributed by atoms with van der Waals surface area (Å²) in [5, 5.41) is 0. The minimum Gasteiger partial charge on any atom is -0.378 e. The Morgan fingerprint density at radius 1 is 0.488 bits per heavy atom. The lowest BCUT2D eigenvalue weighted by Gasteiger charge is -2.35. The molecule has 4 atom stereocenters. The summed E-state index contributed by atoms with van der Waals surface area (Å²) < 4.78 is 18.6. The van der Waals surface area contributed by atoms with Crippen molar-refractivity contribution in [1.29, 1.82) is 0 Å². The van der Waals surface area contributed by atoms with Crippen LogP contribution in [0.3, 0.4) is 0 Å². The quantitative estimate of drug-likeness (QED) is 0.0566. The third kappa shape index (κ3) is 22.5. The maximum Gasteiger partial charge on any atom is 0.0621 e. The summed E-state index contributed by atoms with van der Waals surface area (Å²) in [4.78, 5) is 0. The Bertz CT molecular complexity index is 582. The van der Waals surface area contributed by atoms with Gasteiger partial charge in [-0.15, -0.1) is 0 Å². The summed E-state index contributed by atoms with van der Waals surface area (Å²) in [5.41, 5.74) is 0. The van der Waals surface area contributed by atoms with E-state index in [1.807, 2.05) is 0 Å². The lowest BCUT2D eigenvalue weighted by Crippen LogP contribution is -2.36. The van der Waals surface area contributed by atoms with Crippen LogP contribution in [-0.4, -0.2) is 37.6 Å². The molecule has 0 amide bonds. The molecule has 0 N–H and O–H groups in total. The van der Waals surface area contributed by atoms with Gasteiger partial charge in [0.15, 0.2) is 0 Å². The van der Waals surface area contributed by atoms with Crippen molar-refractivity contribution in [2.75, 3.05) is 13.2 Å². The van der Waals surface area contributed by atoms with Crippen LogP contribution in [0.5, 0.6) is 0 Å². The highest BCUT2D eigenvalue weighted by Gasteiger charge is 2.28. The Labute approximate surface area is 269 Å². The second-order valence-corrected chi connectivity index (χ2v) is 13.7. The molecule has 0 saturated carbocycles. The maximum atomic E-state index is 6.89. The SMILES string of the molecule is CCCCCCCC/C=C\CCCCCC(CC1CCO1)OC(CCCCC/C=C\CCCCCCCC)CC1CCO1. The molecule has 252 valence electrons. The zero-order valence-corrected chi connectivity index (χ0v) is 29.1. The van der Waals surface area contributed by atoms with E-state index in [4.69, 9.17) is 14.2 Å². The average Bonchev–Trinajstić information content (AvgIpc) is 2.97. The van der Waals surface area contributed by atoms with Crippen molar-refractivity contribution in [3.05, 3.63) is 24.3 Å². The second kappa shape index (κ2) is 28.8. The second-order valence-electron chi connectivity index (χ2n) is 13.7. The molecule has 0 aliphatic carbocycles. The average molecular weight is 603 g/mol. The third-order valence-corrected chi connectivity index (χ3v) is 9.60. The van der Waals surface area contributed by atoms with E-state index in [-0.39, 0.29) is 0 Å². The van der Waals surface area contributed by atoms with Crippen molar-refractivity contribution in [2.24, 2.45) is 0 Å². The first kappa shape index (κ1) is 38.5. The lowest BCUT2D eigenvalue weighted by molar-refractivity contribution is -0.124. The summed E-state index contributed by atoms with van der Waals surface area (Å²) >= 11 is 0. The van der Waals surface area contributed by atoms with Gasteiger partial charge in [0.05, 0.1) is 24.4 Å². The van der Waals surface area contributed by atoms with Crippen LogP contribution in [0.2, 0.25) is 0 Å². The van der Waals surface area contributed by atoms with E-state index in [9.17, 15) is 0 Å². The summed E-state index contributed by atoms with van der Waals surface area (Å²) in [7, 11) is 0. The van der Waals surface area contributed by atoms with E-state index in [2.05, 4.69) is 38.2 Å². The van der Waals surface area contributed by atoms with E-state index >= 15 is 0 Å². The molecule has 43 heavy (non-hydrogen) atoms. The van der Waals surface area contributed by atoms with Crippen LogP contribution in [0.15, 0.2) is 24.3 Å². The van der Waals surface area contributed by atoms with Crippen LogP contribution < -0.4 is 0 Å². The normalized spacial score (nSPS) is 20.0. The summed E-state index contributed by atoms with van der Waals surface area (Å²) in [6, 6.07) is 0. The minimum absolute atomic E-state index is 0.350. The van der Waals surface area contributed by atoms with Crippen molar-refractivity contribution in [1.82, 2.24) is 0 Å². The monoisotopic (exact) mass is 603 g/mol. The van der Waals surface area contributed by atoms with Gasteiger partial charge in [-0.2, -0.15) is 0 Å². The van der Waals surface area contributed by atoms with Gasteiger partial charge in [-0.3, -0.25) is 0 Å². The van der Waals surface area contributed by atoms with E-state index in [1.54, 1.807) is 0 Å². The van der Waals surface area contributed by atoms with E-state index in [1.165, 1.54) is 167 Å². The summed E-state index contributed by atoms with van der Waals surface area (Å²) in [6.07, 6.45) is 47.8. The van der Waals surface area contributed by atoms with Crippen molar-refractivity contribution in [2.45, 2.75) is 218 Å². The van der Waals surface area contributed by atoms with Gasteiger partial charge in [0, 0.05) is 13.2 Å². The number of allylic oxidation sites excluding steroid dienone is 4. The van der Waals surface area contributed by atoms with E-state index in [0.29, 0.717) is 24.4 Å². The number of ether oxygens (including phenoxy) is 3. The molecule has 0 spiro atoms. The first-order valence-corrected chi connectivity index (χ1v) is 19.5. The number of rotatable bonds is 32. The highest BCUT2D eigenvalue weighted by atomic mass is 16.5. The predicted octanol–water partition coefficient (Wildman–Crippen LogP) is 12.6. The first-order valence-electron chi connectivity index (χ1n) is 19.5. The molecule has 2 aliphatic rings. The first-order chi connectivity index (χ1) is 21.3. The van der Waals surface area contributed by atoms with Gasteiger partial charge in [0.2, 0.25) is 0 Å².